The van der Waals surface area contributed by atoms with Gasteiger partial charge in [0.15, 0.2) is 11.5 Å². The zero-order valence-corrected chi connectivity index (χ0v) is 10.8. The Labute approximate surface area is 106 Å². The van der Waals surface area contributed by atoms with Gasteiger partial charge in [0.05, 0.1) is 0 Å². The highest BCUT2D eigenvalue weighted by atomic mass is 16.7. The first-order valence-electron chi connectivity index (χ1n) is 5.74. The number of carboxylic acids is 1. The zero-order chi connectivity index (χ0) is 13.3. The third kappa shape index (κ3) is 2.26. The number of hydrogen-bond acceptors (Lipinski definition) is 4. The lowest BCUT2D eigenvalue weighted by atomic mass is 10.0. The maximum atomic E-state index is 11.2. The summed E-state index contributed by atoms with van der Waals surface area (Å²) in [7, 11) is 1.79. The van der Waals surface area contributed by atoms with Crippen LogP contribution in [0.25, 0.3) is 0 Å². The molecule has 1 heterocycles. The summed E-state index contributed by atoms with van der Waals surface area (Å²) in [5.74, 6) is 0.610. The maximum Gasteiger partial charge on any atom is 0.323 e. The number of ether oxygens (including phenoxy) is 2. The number of nitrogens with zero attached hydrogens (tertiary/aromatic N) is 1. The highest BCUT2D eigenvalue weighted by Crippen LogP contribution is 2.33. The smallest absolute Gasteiger partial charge is 0.323 e. The van der Waals surface area contributed by atoms with Crippen LogP contribution in [0.1, 0.15) is 19.4 Å². The van der Waals surface area contributed by atoms with E-state index in [1.807, 2.05) is 18.2 Å². The first kappa shape index (κ1) is 12.7. The minimum absolute atomic E-state index is 0.245. The second-order valence-electron chi connectivity index (χ2n) is 4.91. The number of benzene rings is 1. The monoisotopic (exact) mass is 251 g/mol. The van der Waals surface area contributed by atoms with Crippen LogP contribution in [-0.4, -0.2) is 35.4 Å². The molecular weight excluding hydrogens is 234 g/mol. The second kappa shape index (κ2) is 4.49. The van der Waals surface area contributed by atoms with Crippen molar-refractivity contribution >= 4 is 5.97 Å². The van der Waals surface area contributed by atoms with Crippen molar-refractivity contribution in [2.75, 3.05) is 13.8 Å². The van der Waals surface area contributed by atoms with Gasteiger partial charge in [0, 0.05) is 6.54 Å². The SMILES string of the molecule is CN(Cc1ccc2c(c1)OCO2)C(C)(C)C(=O)O. The number of carboxylic acid groups (broad SMARTS) is 1. The Morgan fingerprint density at radius 1 is 1.39 bits per heavy atom. The van der Waals surface area contributed by atoms with Crippen molar-refractivity contribution in [3.05, 3.63) is 23.8 Å². The van der Waals surface area contributed by atoms with E-state index < -0.39 is 11.5 Å². The fraction of sp³-hybridized carbons (Fsp3) is 0.462. The van der Waals surface area contributed by atoms with E-state index in [1.54, 1.807) is 25.8 Å². The Kier molecular flexibility index (Phi) is 3.17. The van der Waals surface area contributed by atoms with Crippen LogP contribution >= 0.6 is 0 Å². The van der Waals surface area contributed by atoms with E-state index in [-0.39, 0.29) is 6.79 Å². The minimum Gasteiger partial charge on any atom is -0.480 e. The summed E-state index contributed by atoms with van der Waals surface area (Å²) in [5, 5.41) is 9.16. The van der Waals surface area contributed by atoms with Crippen molar-refractivity contribution in [3.63, 3.8) is 0 Å². The highest BCUT2D eigenvalue weighted by molar-refractivity contribution is 5.77. The molecule has 5 nitrogen and oxygen atoms in total. The molecule has 0 radical (unpaired) electrons. The van der Waals surface area contributed by atoms with E-state index in [9.17, 15) is 4.79 Å². The molecule has 0 saturated carbocycles. The van der Waals surface area contributed by atoms with Crippen molar-refractivity contribution in [1.29, 1.82) is 0 Å². The van der Waals surface area contributed by atoms with Gasteiger partial charge in [-0.25, -0.2) is 0 Å². The molecule has 0 atom stereocenters. The van der Waals surface area contributed by atoms with Gasteiger partial charge in [-0.15, -0.1) is 0 Å². The van der Waals surface area contributed by atoms with Crippen LogP contribution in [0.3, 0.4) is 0 Å². The van der Waals surface area contributed by atoms with Gasteiger partial charge in [0.1, 0.15) is 5.54 Å². The molecule has 1 aromatic rings. The lowest BCUT2D eigenvalue weighted by Gasteiger charge is -2.31. The Morgan fingerprint density at radius 2 is 2.06 bits per heavy atom. The van der Waals surface area contributed by atoms with Crippen molar-refractivity contribution in [1.82, 2.24) is 4.90 Å². The molecule has 0 fully saturated rings. The minimum atomic E-state index is -0.906. The lowest BCUT2D eigenvalue weighted by molar-refractivity contribution is -0.148. The van der Waals surface area contributed by atoms with Gasteiger partial charge in [-0.1, -0.05) is 6.07 Å². The fourth-order valence-electron chi connectivity index (χ4n) is 1.67. The number of aliphatic carboxylic acids is 1. The number of likely N-dealkylation sites (N-methyl/N-ethyl adjacent to an activating group) is 1. The Bertz CT molecular complexity index is 470. The molecule has 98 valence electrons. The van der Waals surface area contributed by atoms with E-state index in [0.29, 0.717) is 12.3 Å². The van der Waals surface area contributed by atoms with Crippen molar-refractivity contribution in [2.45, 2.75) is 25.9 Å². The van der Waals surface area contributed by atoms with Crippen LogP contribution in [-0.2, 0) is 11.3 Å². The van der Waals surface area contributed by atoms with Crippen LogP contribution in [0.2, 0.25) is 0 Å². The lowest BCUT2D eigenvalue weighted by Crippen LogP contribution is -2.47. The molecule has 0 bridgehead atoms. The molecule has 18 heavy (non-hydrogen) atoms. The average Bonchev–Trinajstić information content (AvgIpc) is 2.75. The predicted molar refractivity (Wildman–Crippen MR) is 65.7 cm³/mol. The Morgan fingerprint density at radius 3 is 2.72 bits per heavy atom. The van der Waals surface area contributed by atoms with E-state index in [2.05, 4.69) is 0 Å². The third-order valence-corrected chi connectivity index (χ3v) is 3.33. The standard InChI is InChI=1S/C13H17NO4/c1-13(2,12(15)16)14(3)7-9-4-5-10-11(6-9)18-8-17-10/h4-6H,7-8H2,1-3H3,(H,15,16). The van der Waals surface area contributed by atoms with Crippen LogP contribution < -0.4 is 9.47 Å². The number of hydrogen-bond donors (Lipinski definition) is 1. The summed E-state index contributed by atoms with van der Waals surface area (Å²) in [6, 6.07) is 5.65. The molecule has 0 spiro atoms. The molecule has 0 saturated heterocycles. The molecule has 0 amide bonds. The van der Waals surface area contributed by atoms with Crippen LogP contribution in [0.4, 0.5) is 0 Å². The van der Waals surface area contributed by atoms with Crippen LogP contribution in [0.15, 0.2) is 18.2 Å². The summed E-state index contributed by atoms with van der Waals surface area (Å²) in [6.45, 7) is 4.15. The summed E-state index contributed by atoms with van der Waals surface area (Å²) in [6.07, 6.45) is 0. The van der Waals surface area contributed by atoms with Gasteiger partial charge >= 0.3 is 5.97 Å². The summed E-state index contributed by atoms with van der Waals surface area (Å²) in [4.78, 5) is 12.9. The molecule has 0 unspecified atom stereocenters. The predicted octanol–water partition coefficient (Wildman–Crippen LogP) is 1.71. The molecule has 2 rings (SSSR count). The average molecular weight is 251 g/mol. The molecular formula is C13H17NO4. The molecule has 1 aliphatic heterocycles. The molecule has 1 aromatic carbocycles. The number of carbonyl (C=O) groups is 1. The fourth-order valence-corrected chi connectivity index (χ4v) is 1.67. The van der Waals surface area contributed by atoms with E-state index in [0.717, 1.165) is 11.3 Å². The van der Waals surface area contributed by atoms with Gasteiger partial charge < -0.3 is 14.6 Å². The van der Waals surface area contributed by atoms with Crippen molar-refractivity contribution in [3.8, 4) is 11.5 Å². The molecule has 0 aliphatic carbocycles. The Hall–Kier alpha value is -1.75. The van der Waals surface area contributed by atoms with Crippen molar-refractivity contribution in [2.24, 2.45) is 0 Å². The van der Waals surface area contributed by atoms with Crippen LogP contribution in [0.5, 0.6) is 11.5 Å². The second-order valence-corrected chi connectivity index (χ2v) is 4.91. The number of fused-ring (bicyclic) bond motifs is 1. The summed E-state index contributed by atoms with van der Waals surface area (Å²) < 4.78 is 10.5. The van der Waals surface area contributed by atoms with Gasteiger partial charge in [0.25, 0.3) is 0 Å². The van der Waals surface area contributed by atoms with E-state index in [1.165, 1.54) is 0 Å². The summed E-state index contributed by atoms with van der Waals surface area (Å²) >= 11 is 0. The molecule has 0 aromatic heterocycles. The van der Waals surface area contributed by atoms with Gasteiger partial charge in [-0.2, -0.15) is 0 Å². The maximum absolute atomic E-state index is 11.2. The first-order chi connectivity index (χ1) is 8.41. The Balaban J connectivity index is 2.12. The first-order valence-corrected chi connectivity index (χ1v) is 5.74. The van der Waals surface area contributed by atoms with Gasteiger partial charge in [-0.3, -0.25) is 9.69 Å². The topological polar surface area (TPSA) is 59.0 Å². The van der Waals surface area contributed by atoms with E-state index >= 15 is 0 Å². The number of rotatable bonds is 4. The highest BCUT2D eigenvalue weighted by Gasteiger charge is 2.32. The molecule has 1 N–H and O–H groups in total. The van der Waals surface area contributed by atoms with Gasteiger partial charge in [-0.05, 0) is 38.6 Å². The van der Waals surface area contributed by atoms with Crippen molar-refractivity contribution < 1.29 is 19.4 Å². The largest absolute Gasteiger partial charge is 0.480 e. The third-order valence-electron chi connectivity index (χ3n) is 3.33. The molecule has 1 aliphatic rings. The van der Waals surface area contributed by atoms with Gasteiger partial charge in [0.2, 0.25) is 6.79 Å². The van der Waals surface area contributed by atoms with E-state index in [4.69, 9.17) is 14.6 Å². The van der Waals surface area contributed by atoms with Crippen LogP contribution in [0, 0.1) is 0 Å². The normalized spacial score (nSPS) is 14.0. The quantitative estimate of drug-likeness (QED) is 0.882. The summed E-state index contributed by atoms with van der Waals surface area (Å²) in [5.41, 5.74) is 0.0900. The zero-order valence-electron chi connectivity index (χ0n) is 10.8. The molecule has 5 heteroatoms.